The molecule has 0 bridgehead atoms. The van der Waals surface area contributed by atoms with Gasteiger partial charge in [-0.2, -0.15) is 5.10 Å². The van der Waals surface area contributed by atoms with Crippen LogP contribution in [0.2, 0.25) is 0 Å². The number of aromatic nitrogens is 2. The van der Waals surface area contributed by atoms with Gasteiger partial charge in [0.25, 0.3) is 0 Å². The average Bonchev–Trinajstić information content (AvgIpc) is 3.28. The van der Waals surface area contributed by atoms with Gasteiger partial charge in [0.15, 0.2) is 0 Å². The number of carbonyl (C=O) groups is 2. The minimum atomic E-state index is -0.261. The van der Waals surface area contributed by atoms with Crippen molar-refractivity contribution >= 4 is 29.4 Å². The van der Waals surface area contributed by atoms with Crippen molar-refractivity contribution in [1.82, 2.24) is 15.1 Å². The van der Waals surface area contributed by atoms with Crippen molar-refractivity contribution < 1.29 is 14.3 Å². The van der Waals surface area contributed by atoms with Gasteiger partial charge in [0.2, 0.25) is 11.8 Å². The largest absolute Gasteiger partial charge is 0.496 e. The number of para-hydroxylation sites is 1. The van der Waals surface area contributed by atoms with Gasteiger partial charge in [-0.15, -0.1) is 11.8 Å². The highest BCUT2D eigenvalue weighted by molar-refractivity contribution is 8.00. The zero-order valence-corrected chi connectivity index (χ0v) is 25.0. The fourth-order valence-corrected chi connectivity index (χ4v) is 6.41. The number of ether oxygens (including phenoxy) is 1. The number of nitrogens with zero attached hydrogens (tertiary/aromatic N) is 3. The van der Waals surface area contributed by atoms with Crippen molar-refractivity contribution in [1.29, 1.82) is 0 Å². The Kier molecular flexibility index (Phi) is 8.49. The lowest BCUT2D eigenvalue weighted by atomic mass is 9.99. The van der Waals surface area contributed by atoms with E-state index in [-0.39, 0.29) is 29.4 Å². The maximum atomic E-state index is 13.9. The molecule has 8 heteroatoms. The van der Waals surface area contributed by atoms with Crippen LogP contribution in [0.25, 0.3) is 16.9 Å². The van der Waals surface area contributed by atoms with Gasteiger partial charge in [-0.1, -0.05) is 80.1 Å². The van der Waals surface area contributed by atoms with E-state index in [4.69, 9.17) is 9.84 Å². The molecule has 5 rings (SSSR count). The zero-order valence-electron chi connectivity index (χ0n) is 24.2. The molecule has 0 spiro atoms. The molecular formula is C33H36N4O3S. The van der Waals surface area contributed by atoms with E-state index < -0.39 is 0 Å². The van der Waals surface area contributed by atoms with Gasteiger partial charge in [0.1, 0.15) is 18.1 Å². The van der Waals surface area contributed by atoms with E-state index in [1.54, 1.807) is 12.0 Å². The second kappa shape index (κ2) is 12.2. The molecule has 0 radical (unpaired) electrons. The molecule has 7 nitrogen and oxygen atoms in total. The average molecular weight is 569 g/mol. The summed E-state index contributed by atoms with van der Waals surface area (Å²) < 4.78 is 7.65. The Morgan fingerprint density at radius 3 is 2.51 bits per heavy atom. The fourth-order valence-electron chi connectivity index (χ4n) is 5.19. The number of amides is 2. The molecule has 0 saturated heterocycles. The second-order valence-electron chi connectivity index (χ2n) is 10.8. The minimum Gasteiger partial charge on any atom is -0.496 e. The van der Waals surface area contributed by atoms with Crippen LogP contribution in [0.1, 0.15) is 41.4 Å². The van der Waals surface area contributed by atoms with Crippen LogP contribution in [0.15, 0.2) is 72.8 Å². The molecule has 0 saturated carbocycles. The maximum Gasteiger partial charge on any atom is 0.240 e. The van der Waals surface area contributed by atoms with Crippen molar-refractivity contribution in [3.05, 3.63) is 95.1 Å². The van der Waals surface area contributed by atoms with Crippen molar-refractivity contribution in [2.24, 2.45) is 5.92 Å². The molecule has 0 fully saturated rings. The molecule has 41 heavy (non-hydrogen) atoms. The molecule has 212 valence electrons. The number of thioether (sulfide) groups is 1. The van der Waals surface area contributed by atoms with E-state index in [9.17, 15) is 9.59 Å². The summed E-state index contributed by atoms with van der Waals surface area (Å²) in [6.07, 6.45) is 0. The lowest BCUT2D eigenvalue weighted by Crippen LogP contribution is -2.43. The first-order valence-corrected chi connectivity index (χ1v) is 14.9. The van der Waals surface area contributed by atoms with Gasteiger partial charge >= 0.3 is 0 Å². The van der Waals surface area contributed by atoms with E-state index in [2.05, 4.69) is 18.3 Å². The standard InChI is InChI=1S/C33H36N4O3S/c1-21(2)18-34-28(38)19-36-29(39)20-41-32(25-13-9-10-14-27(25)40-5)30-31(24-11-7-6-8-12-24)35-37(33(30)36)26-16-15-22(3)17-23(26)4/h6-17,21,32H,18-20H2,1-5H3,(H,34,38)/t32-/m1/s1. The van der Waals surface area contributed by atoms with Crippen LogP contribution < -0.4 is 15.0 Å². The molecule has 1 aromatic heterocycles. The highest BCUT2D eigenvalue weighted by Crippen LogP contribution is 2.50. The lowest BCUT2D eigenvalue weighted by Gasteiger charge is -2.24. The summed E-state index contributed by atoms with van der Waals surface area (Å²) in [6.45, 7) is 8.64. The first-order valence-electron chi connectivity index (χ1n) is 13.9. The number of hydrogen-bond acceptors (Lipinski definition) is 5. The van der Waals surface area contributed by atoms with E-state index in [1.807, 2.05) is 92.2 Å². The van der Waals surface area contributed by atoms with Crippen LogP contribution in [-0.2, 0) is 9.59 Å². The Bertz CT molecular complexity index is 1560. The quantitative estimate of drug-likeness (QED) is 0.278. The Labute approximate surface area is 245 Å². The predicted octanol–water partition coefficient (Wildman–Crippen LogP) is 6.11. The first-order chi connectivity index (χ1) is 19.8. The summed E-state index contributed by atoms with van der Waals surface area (Å²) >= 11 is 1.53. The molecule has 2 heterocycles. The molecule has 4 aromatic rings. The summed E-state index contributed by atoms with van der Waals surface area (Å²) in [5.41, 5.74) is 6.57. The van der Waals surface area contributed by atoms with Crippen molar-refractivity contribution in [3.63, 3.8) is 0 Å². The number of carbonyl (C=O) groups excluding carboxylic acids is 2. The number of methoxy groups -OCH3 is 1. The minimum absolute atomic E-state index is 0.0947. The van der Waals surface area contributed by atoms with Crippen molar-refractivity contribution in [3.8, 4) is 22.7 Å². The number of benzene rings is 3. The van der Waals surface area contributed by atoms with E-state index in [0.29, 0.717) is 18.3 Å². The number of nitrogens with one attached hydrogen (secondary N) is 1. The van der Waals surface area contributed by atoms with Gasteiger partial charge in [0.05, 0.1) is 29.5 Å². The number of hydrogen-bond donors (Lipinski definition) is 1. The third-order valence-electron chi connectivity index (χ3n) is 7.15. The predicted molar refractivity (Wildman–Crippen MR) is 166 cm³/mol. The van der Waals surface area contributed by atoms with Crippen molar-refractivity contribution in [2.75, 3.05) is 30.9 Å². The van der Waals surface area contributed by atoms with Crippen LogP contribution in [0.3, 0.4) is 0 Å². The van der Waals surface area contributed by atoms with Gasteiger partial charge < -0.3 is 10.1 Å². The van der Waals surface area contributed by atoms with E-state index >= 15 is 0 Å². The number of fused-ring (bicyclic) bond motifs is 1. The fraction of sp³-hybridized carbons (Fsp3) is 0.303. The topological polar surface area (TPSA) is 76.5 Å². The Hall–Kier alpha value is -4.04. The molecule has 1 atom stereocenters. The van der Waals surface area contributed by atoms with Crippen LogP contribution >= 0.6 is 11.8 Å². The molecule has 1 N–H and O–H groups in total. The van der Waals surface area contributed by atoms with Crippen LogP contribution in [-0.4, -0.2) is 47.5 Å². The van der Waals surface area contributed by atoms with Gasteiger partial charge in [-0.05, 0) is 37.5 Å². The van der Waals surface area contributed by atoms with E-state index in [0.717, 1.165) is 44.9 Å². The summed E-state index contributed by atoms with van der Waals surface area (Å²) in [5, 5.41) is 7.93. The summed E-state index contributed by atoms with van der Waals surface area (Å²) in [6, 6.07) is 24.1. The van der Waals surface area contributed by atoms with Crippen LogP contribution in [0.5, 0.6) is 5.75 Å². The highest BCUT2D eigenvalue weighted by Gasteiger charge is 2.38. The lowest BCUT2D eigenvalue weighted by molar-refractivity contribution is -0.123. The van der Waals surface area contributed by atoms with Gasteiger partial charge in [0, 0.05) is 23.2 Å². The zero-order chi connectivity index (χ0) is 29.1. The molecule has 1 aliphatic rings. The molecule has 0 unspecified atom stereocenters. The normalized spacial score (nSPS) is 15.0. The van der Waals surface area contributed by atoms with Crippen molar-refractivity contribution in [2.45, 2.75) is 32.9 Å². The smallest absolute Gasteiger partial charge is 0.240 e. The second-order valence-corrected chi connectivity index (χ2v) is 11.9. The maximum absolute atomic E-state index is 13.9. The number of rotatable bonds is 8. The Balaban J connectivity index is 1.81. The third-order valence-corrected chi connectivity index (χ3v) is 8.38. The first kappa shape index (κ1) is 28.5. The Morgan fingerprint density at radius 2 is 1.80 bits per heavy atom. The summed E-state index contributed by atoms with van der Waals surface area (Å²) in [5.74, 6) is 1.51. The van der Waals surface area contributed by atoms with E-state index in [1.165, 1.54) is 11.8 Å². The summed E-state index contributed by atoms with van der Waals surface area (Å²) in [4.78, 5) is 28.7. The number of aryl methyl sites for hydroxylation is 2. The molecular weight excluding hydrogens is 532 g/mol. The number of anilines is 1. The van der Waals surface area contributed by atoms with Crippen LogP contribution in [0, 0.1) is 19.8 Å². The van der Waals surface area contributed by atoms with Gasteiger partial charge in [-0.25, -0.2) is 4.68 Å². The molecule has 3 aromatic carbocycles. The SMILES string of the molecule is COc1ccccc1[C@H]1SCC(=O)N(CC(=O)NCC(C)C)c2c1c(-c1ccccc1)nn2-c1ccc(C)cc1C. The van der Waals surface area contributed by atoms with Gasteiger partial charge in [-0.3, -0.25) is 14.5 Å². The monoisotopic (exact) mass is 568 g/mol. The Morgan fingerprint density at radius 1 is 1.07 bits per heavy atom. The third kappa shape index (κ3) is 5.88. The molecule has 1 aliphatic heterocycles. The highest BCUT2D eigenvalue weighted by atomic mass is 32.2. The van der Waals surface area contributed by atoms with Crippen LogP contribution in [0.4, 0.5) is 5.82 Å². The summed E-state index contributed by atoms with van der Waals surface area (Å²) in [7, 11) is 1.66. The molecule has 0 aliphatic carbocycles. The molecule has 2 amide bonds.